The highest BCUT2D eigenvalue weighted by atomic mass is 79.9. The summed E-state index contributed by atoms with van der Waals surface area (Å²) in [5.41, 5.74) is 0.252. The quantitative estimate of drug-likeness (QED) is 0.863. The molecular formula is C9H9BrO3S. The van der Waals surface area contributed by atoms with E-state index in [4.69, 9.17) is 9.84 Å². The van der Waals surface area contributed by atoms with E-state index in [-0.39, 0.29) is 5.56 Å². The van der Waals surface area contributed by atoms with Gasteiger partial charge in [0.1, 0.15) is 5.75 Å². The first-order chi connectivity index (χ1) is 6.60. The highest BCUT2D eigenvalue weighted by Gasteiger charge is 2.12. The Bertz CT molecular complexity index is 365. The zero-order valence-electron chi connectivity index (χ0n) is 7.70. The van der Waals surface area contributed by atoms with Gasteiger partial charge in [0.05, 0.1) is 22.0 Å². The molecule has 0 bridgehead atoms. The van der Waals surface area contributed by atoms with Crippen LogP contribution < -0.4 is 4.74 Å². The molecule has 1 aromatic carbocycles. The summed E-state index contributed by atoms with van der Waals surface area (Å²) < 4.78 is 5.80. The molecule has 0 aliphatic rings. The number of hydrogen-bond donors (Lipinski definition) is 1. The van der Waals surface area contributed by atoms with Crippen molar-refractivity contribution in [3.63, 3.8) is 0 Å². The van der Waals surface area contributed by atoms with Gasteiger partial charge in [-0.05, 0) is 34.3 Å². The van der Waals surface area contributed by atoms with Gasteiger partial charge >= 0.3 is 5.97 Å². The van der Waals surface area contributed by atoms with Crippen LogP contribution in [0.25, 0.3) is 0 Å². The number of carbonyl (C=O) groups is 1. The summed E-state index contributed by atoms with van der Waals surface area (Å²) in [5, 5.41) is 8.82. The van der Waals surface area contributed by atoms with Gasteiger partial charge in [-0.25, -0.2) is 4.79 Å². The number of benzene rings is 1. The van der Waals surface area contributed by atoms with Crippen molar-refractivity contribution in [1.29, 1.82) is 0 Å². The zero-order valence-corrected chi connectivity index (χ0v) is 10.1. The van der Waals surface area contributed by atoms with Crippen LogP contribution in [-0.4, -0.2) is 24.4 Å². The Balaban J connectivity index is 3.31. The normalized spacial score (nSPS) is 9.93. The molecule has 14 heavy (non-hydrogen) atoms. The molecule has 0 aliphatic carbocycles. The lowest BCUT2D eigenvalue weighted by Crippen LogP contribution is -1.98. The lowest BCUT2D eigenvalue weighted by molar-refractivity contribution is 0.0696. The van der Waals surface area contributed by atoms with Crippen LogP contribution in [0.3, 0.4) is 0 Å². The van der Waals surface area contributed by atoms with E-state index in [2.05, 4.69) is 15.9 Å². The Hall–Kier alpha value is -0.680. The van der Waals surface area contributed by atoms with Gasteiger partial charge in [0.15, 0.2) is 0 Å². The van der Waals surface area contributed by atoms with E-state index < -0.39 is 5.97 Å². The van der Waals surface area contributed by atoms with Crippen LogP contribution in [0.15, 0.2) is 21.5 Å². The minimum absolute atomic E-state index is 0.252. The third-order valence-corrected chi connectivity index (χ3v) is 3.01. The zero-order chi connectivity index (χ0) is 10.7. The van der Waals surface area contributed by atoms with Gasteiger partial charge in [-0.3, -0.25) is 0 Å². The highest BCUT2D eigenvalue weighted by molar-refractivity contribution is 9.10. The maximum absolute atomic E-state index is 10.8. The van der Waals surface area contributed by atoms with Crippen molar-refractivity contribution < 1.29 is 14.6 Å². The fraction of sp³-hybridized carbons (Fsp3) is 0.222. The van der Waals surface area contributed by atoms with Crippen LogP contribution in [0.2, 0.25) is 0 Å². The first kappa shape index (κ1) is 11.4. The molecule has 3 nitrogen and oxygen atoms in total. The smallest absolute Gasteiger partial charge is 0.335 e. The molecule has 0 saturated carbocycles. The molecule has 0 radical (unpaired) electrons. The summed E-state index contributed by atoms with van der Waals surface area (Å²) in [7, 11) is 1.56. The van der Waals surface area contributed by atoms with Gasteiger partial charge in [0.2, 0.25) is 0 Å². The summed E-state index contributed by atoms with van der Waals surface area (Å²) in [4.78, 5) is 11.6. The number of carboxylic acids is 1. The van der Waals surface area contributed by atoms with Crippen molar-refractivity contribution in [2.24, 2.45) is 0 Å². The first-order valence-corrected chi connectivity index (χ1v) is 5.76. The molecular weight excluding hydrogens is 268 g/mol. The summed E-state index contributed by atoms with van der Waals surface area (Å²) >= 11 is 4.71. The van der Waals surface area contributed by atoms with Crippen molar-refractivity contribution in [2.75, 3.05) is 13.4 Å². The second kappa shape index (κ2) is 4.70. The van der Waals surface area contributed by atoms with Crippen molar-refractivity contribution in [3.05, 3.63) is 22.2 Å². The first-order valence-electron chi connectivity index (χ1n) is 3.75. The molecule has 0 aliphatic heterocycles. The number of thioether (sulfide) groups is 1. The number of carboxylic acid groups (broad SMARTS) is 1. The van der Waals surface area contributed by atoms with E-state index in [1.807, 2.05) is 6.26 Å². The molecule has 1 N–H and O–H groups in total. The van der Waals surface area contributed by atoms with Gasteiger partial charge in [-0.15, -0.1) is 11.8 Å². The molecule has 0 heterocycles. The van der Waals surface area contributed by atoms with Crippen molar-refractivity contribution in [3.8, 4) is 5.75 Å². The van der Waals surface area contributed by atoms with Gasteiger partial charge in [0.25, 0.3) is 0 Å². The number of ether oxygens (including phenoxy) is 1. The Morgan fingerprint density at radius 1 is 1.57 bits per heavy atom. The summed E-state index contributed by atoms with van der Waals surface area (Å²) in [6, 6.07) is 3.12. The highest BCUT2D eigenvalue weighted by Crippen LogP contribution is 2.35. The lowest BCUT2D eigenvalue weighted by Gasteiger charge is -2.09. The summed E-state index contributed by atoms with van der Waals surface area (Å²) in [6.45, 7) is 0. The standard InChI is InChI=1S/C9H9BrO3S/c1-13-8-6(10)3-5(9(11)12)4-7(8)14-2/h3-4H,1-2H3,(H,11,12). The summed E-state index contributed by atoms with van der Waals surface area (Å²) in [6.07, 6.45) is 1.87. The second-order valence-electron chi connectivity index (χ2n) is 2.50. The molecule has 0 unspecified atom stereocenters. The Morgan fingerprint density at radius 3 is 2.64 bits per heavy atom. The number of hydrogen-bond acceptors (Lipinski definition) is 3. The van der Waals surface area contributed by atoms with Crippen LogP contribution >= 0.6 is 27.7 Å². The number of aromatic carboxylic acids is 1. The number of methoxy groups -OCH3 is 1. The minimum Gasteiger partial charge on any atom is -0.494 e. The van der Waals surface area contributed by atoms with Crippen LogP contribution in [0.1, 0.15) is 10.4 Å². The predicted molar refractivity (Wildman–Crippen MR) is 59.4 cm³/mol. The SMILES string of the molecule is COc1c(Br)cc(C(=O)O)cc1SC. The average molecular weight is 277 g/mol. The molecule has 0 aromatic heterocycles. The molecule has 0 amide bonds. The maximum atomic E-state index is 10.8. The third-order valence-electron chi connectivity index (χ3n) is 1.68. The molecule has 1 rings (SSSR count). The van der Waals surface area contributed by atoms with E-state index >= 15 is 0 Å². The van der Waals surface area contributed by atoms with E-state index in [1.165, 1.54) is 17.8 Å². The van der Waals surface area contributed by atoms with E-state index in [0.29, 0.717) is 10.2 Å². The molecule has 76 valence electrons. The largest absolute Gasteiger partial charge is 0.494 e. The summed E-state index contributed by atoms with van der Waals surface area (Å²) in [5.74, 6) is -0.272. The molecule has 0 fully saturated rings. The fourth-order valence-corrected chi connectivity index (χ4v) is 2.42. The molecule has 0 saturated heterocycles. The molecule has 1 aromatic rings. The maximum Gasteiger partial charge on any atom is 0.335 e. The number of halogens is 1. The van der Waals surface area contributed by atoms with E-state index in [9.17, 15) is 4.79 Å². The minimum atomic E-state index is -0.941. The van der Waals surface area contributed by atoms with Crippen molar-refractivity contribution in [1.82, 2.24) is 0 Å². The van der Waals surface area contributed by atoms with Gasteiger partial charge in [0, 0.05) is 0 Å². The Kier molecular flexibility index (Phi) is 3.83. The van der Waals surface area contributed by atoms with Crippen molar-refractivity contribution >= 4 is 33.7 Å². The van der Waals surface area contributed by atoms with E-state index in [0.717, 1.165) is 4.90 Å². The van der Waals surface area contributed by atoms with Crippen LogP contribution in [0.4, 0.5) is 0 Å². The fourth-order valence-electron chi connectivity index (χ4n) is 1.04. The number of rotatable bonds is 3. The van der Waals surface area contributed by atoms with Gasteiger partial charge < -0.3 is 9.84 Å². The molecule has 0 atom stereocenters. The van der Waals surface area contributed by atoms with Crippen LogP contribution in [-0.2, 0) is 0 Å². The van der Waals surface area contributed by atoms with E-state index in [1.54, 1.807) is 13.2 Å². The Morgan fingerprint density at radius 2 is 2.21 bits per heavy atom. The predicted octanol–water partition coefficient (Wildman–Crippen LogP) is 2.88. The average Bonchev–Trinajstić information content (AvgIpc) is 2.16. The molecule has 0 spiro atoms. The van der Waals surface area contributed by atoms with Crippen LogP contribution in [0.5, 0.6) is 5.75 Å². The topological polar surface area (TPSA) is 46.5 Å². The van der Waals surface area contributed by atoms with Crippen LogP contribution in [0, 0.1) is 0 Å². The molecule has 5 heteroatoms. The second-order valence-corrected chi connectivity index (χ2v) is 4.20. The third kappa shape index (κ3) is 2.22. The van der Waals surface area contributed by atoms with Gasteiger partial charge in [-0.2, -0.15) is 0 Å². The van der Waals surface area contributed by atoms with Gasteiger partial charge in [-0.1, -0.05) is 0 Å². The monoisotopic (exact) mass is 276 g/mol. The van der Waals surface area contributed by atoms with Crippen molar-refractivity contribution in [2.45, 2.75) is 4.90 Å². The Labute approximate surface area is 94.6 Å². The lowest BCUT2D eigenvalue weighted by atomic mass is 10.2.